The van der Waals surface area contributed by atoms with Gasteiger partial charge in [0.2, 0.25) is 0 Å². The zero-order valence-corrected chi connectivity index (χ0v) is 14.5. The van der Waals surface area contributed by atoms with Crippen molar-refractivity contribution in [3.63, 3.8) is 0 Å². The molecule has 0 fully saturated rings. The molecule has 0 unspecified atom stereocenters. The van der Waals surface area contributed by atoms with Crippen LogP contribution in [0.1, 0.15) is 37.7 Å². The third-order valence-corrected chi connectivity index (χ3v) is 3.46. The number of hydrogen-bond donors (Lipinski definition) is 2. The summed E-state index contributed by atoms with van der Waals surface area (Å²) < 4.78 is 1.85. The molecule has 2 heterocycles. The molecule has 0 saturated heterocycles. The Bertz CT molecular complexity index is 670. The Morgan fingerprint density at radius 3 is 2.61 bits per heavy atom. The first-order valence-corrected chi connectivity index (χ1v) is 7.80. The van der Waals surface area contributed by atoms with Crippen LogP contribution in [0.5, 0.6) is 0 Å². The lowest BCUT2D eigenvalue weighted by molar-refractivity contribution is 0.232. The van der Waals surface area contributed by atoms with E-state index in [1.165, 1.54) is 0 Å². The van der Waals surface area contributed by atoms with Gasteiger partial charge in [0.25, 0.3) is 0 Å². The zero-order chi connectivity index (χ0) is 17.0. The van der Waals surface area contributed by atoms with E-state index < -0.39 is 0 Å². The molecular formula is C17H25N5O. The summed E-state index contributed by atoms with van der Waals surface area (Å²) in [4.78, 5) is 16.1. The van der Waals surface area contributed by atoms with Crippen LogP contribution in [0.15, 0.2) is 24.4 Å². The van der Waals surface area contributed by atoms with Gasteiger partial charge in [-0.2, -0.15) is 5.10 Å². The van der Waals surface area contributed by atoms with Crippen molar-refractivity contribution in [2.24, 2.45) is 0 Å². The molecule has 0 aliphatic heterocycles. The van der Waals surface area contributed by atoms with Crippen LogP contribution in [0.4, 0.5) is 4.79 Å². The van der Waals surface area contributed by atoms with E-state index in [0.717, 1.165) is 29.2 Å². The number of aromatic nitrogens is 3. The topological polar surface area (TPSA) is 71.8 Å². The Kier molecular flexibility index (Phi) is 5.03. The van der Waals surface area contributed by atoms with Gasteiger partial charge in [0, 0.05) is 24.0 Å². The third kappa shape index (κ3) is 4.55. The number of nitrogens with zero attached hydrogens (tertiary/aromatic N) is 3. The molecule has 23 heavy (non-hydrogen) atoms. The first-order valence-electron chi connectivity index (χ1n) is 7.80. The summed E-state index contributed by atoms with van der Waals surface area (Å²) >= 11 is 0. The summed E-state index contributed by atoms with van der Waals surface area (Å²) in [6.45, 7) is 10.4. The van der Waals surface area contributed by atoms with Crippen LogP contribution in [0.2, 0.25) is 0 Å². The number of hydrogen-bond acceptors (Lipinski definition) is 3. The van der Waals surface area contributed by atoms with Crippen LogP contribution < -0.4 is 10.6 Å². The van der Waals surface area contributed by atoms with Gasteiger partial charge in [-0.3, -0.25) is 0 Å². The fourth-order valence-corrected chi connectivity index (χ4v) is 2.42. The van der Waals surface area contributed by atoms with E-state index in [1.54, 1.807) is 6.20 Å². The van der Waals surface area contributed by atoms with Gasteiger partial charge in [-0.1, -0.05) is 6.07 Å². The summed E-state index contributed by atoms with van der Waals surface area (Å²) in [5, 5.41) is 10.3. The van der Waals surface area contributed by atoms with Crippen LogP contribution in [-0.2, 0) is 6.42 Å². The molecule has 2 aromatic heterocycles. The second-order valence-electron chi connectivity index (χ2n) is 6.63. The number of pyridine rings is 1. The van der Waals surface area contributed by atoms with E-state index in [1.807, 2.05) is 57.5 Å². The lowest BCUT2D eigenvalue weighted by atomic mass is 10.1. The minimum Gasteiger partial charge on any atom is -0.338 e. The monoisotopic (exact) mass is 315 g/mol. The number of amides is 2. The molecule has 2 rings (SSSR count). The fourth-order valence-electron chi connectivity index (χ4n) is 2.42. The summed E-state index contributed by atoms with van der Waals surface area (Å²) in [6, 6.07) is 5.60. The minimum atomic E-state index is -0.236. The maximum Gasteiger partial charge on any atom is 0.315 e. The van der Waals surface area contributed by atoms with Crippen molar-refractivity contribution in [1.29, 1.82) is 0 Å². The summed E-state index contributed by atoms with van der Waals surface area (Å²) in [7, 11) is 0. The summed E-state index contributed by atoms with van der Waals surface area (Å²) in [5.41, 5.74) is 2.93. The molecule has 0 aromatic carbocycles. The van der Waals surface area contributed by atoms with E-state index in [2.05, 4.69) is 20.7 Å². The lowest BCUT2D eigenvalue weighted by Crippen LogP contribution is -2.46. The molecule has 0 atom stereocenters. The van der Waals surface area contributed by atoms with Crippen LogP contribution in [0.3, 0.4) is 0 Å². The Morgan fingerprint density at radius 2 is 2.00 bits per heavy atom. The number of carbonyl (C=O) groups excluding carboxylic acids is 1. The van der Waals surface area contributed by atoms with E-state index >= 15 is 0 Å². The minimum absolute atomic E-state index is 0.148. The van der Waals surface area contributed by atoms with Gasteiger partial charge in [0.1, 0.15) is 0 Å². The van der Waals surface area contributed by atoms with Crippen LogP contribution >= 0.6 is 0 Å². The van der Waals surface area contributed by atoms with Crippen LogP contribution in [0.25, 0.3) is 5.82 Å². The van der Waals surface area contributed by atoms with Gasteiger partial charge < -0.3 is 10.6 Å². The van der Waals surface area contributed by atoms with Crippen molar-refractivity contribution in [2.75, 3.05) is 6.54 Å². The molecule has 0 bridgehead atoms. The van der Waals surface area contributed by atoms with Crippen molar-refractivity contribution in [2.45, 2.75) is 46.6 Å². The number of nitrogens with one attached hydrogen (secondary N) is 2. The SMILES string of the molecule is Cc1nn(-c2ccccn2)c(C)c1CCNC(=O)NC(C)(C)C. The molecule has 0 aliphatic rings. The number of carbonyl (C=O) groups is 1. The van der Waals surface area contributed by atoms with E-state index in [4.69, 9.17) is 0 Å². The third-order valence-electron chi connectivity index (χ3n) is 3.46. The standard InChI is InChI=1S/C17H25N5O/c1-12-14(9-11-19-16(23)20-17(3,4)5)13(2)22(21-12)15-8-6-7-10-18-15/h6-8,10H,9,11H2,1-5H3,(H2,19,20,23). The number of urea groups is 1. The normalized spacial score (nSPS) is 11.3. The van der Waals surface area contributed by atoms with Crippen molar-refractivity contribution in [3.05, 3.63) is 41.3 Å². The molecule has 124 valence electrons. The van der Waals surface area contributed by atoms with E-state index in [0.29, 0.717) is 6.54 Å². The molecule has 0 spiro atoms. The largest absolute Gasteiger partial charge is 0.338 e. The predicted molar refractivity (Wildman–Crippen MR) is 90.8 cm³/mol. The summed E-state index contributed by atoms with van der Waals surface area (Å²) in [5.74, 6) is 0.804. The maximum atomic E-state index is 11.8. The molecule has 2 N–H and O–H groups in total. The maximum absolute atomic E-state index is 11.8. The zero-order valence-electron chi connectivity index (χ0n) is 14.5. The predicted octanol–water partition coefficient (Wildman–Crippen LogP) is 2.52. The molecule has 2 amide bonds. The van der Waals surface area contributed by atoms with Crippen molar-refractivity contribution < 1.29 is 4.79 Å². The molecular weight excluding hydrogens is 290 g/mol. The van der Waals surface area contributed by atoms with Gasteiger partial charge in [0.05, 0.1) is 5.69 Å². The fraction of sp³-hybridized carbons (Fsp3) is 0.471. The molecule has 0 radical (unpaired) electrons. The average molecular weight is 315 g/mol. The first-order chi connectivity index (χ1) is 10.8. The van der Waals surface area contributed by atoms with Gasteiger partial charge >= 0.3 is 6.03 Å². The highest BCUT2D eigenvalue weighted by atomic mass is 16.2. The van der Waals surface area contributed by atoms with Crippen molar-refractivity contribution >= 4 is 6.03 Å². The quantitative estimate of drug-likeness (QED) is 0.910. The van der Waals surface area contributed by atoms with Gasteiger partial charge in [-0.25, -0.2) is 14.5 Å². The number of aryl methyl sites for hydroxylation is 1. The van der Waals surface area contributed by atoms with Gasteiger partial charge in [-0.15, -0.1) is 0 Å². The molecule has 6 heteroatoms. The second-order valence-corrected chi connectivity index (χ2v) is 6.63. The van der Waals surface area contributed by atoms with E-state index in [9.17, 15) is 4.79 Å². The number of rotatable bonds is 4. The highest BCUT2D eigenvalue weighted by molar-refractivity contribution is 5.74. The lowest BCUT2D eigenvalue weighted by Gasteiger charge is -2.20. The van der Waals surface area contributed by atoms with Gasteiger partial charge in [0.15, 0.2) is 5.82 Å². The molecule has 6 nitrogen and oxygen atoms in total. The second kappa shape index (κ2) is 6.81. The molecule has 2 aromatic rings. The van der Waals surface area contributed by atoms with Crippen molar-refractivity contribution in [1.82, 2.24) is 25.4 Å². The smallest absolute Gasteiger partial charge is 0.315 e. The Morgan fingerprint density at radius 1 is 1.26 bits per heavy atom. The highest BCUT2D eigenvalue weighted by Gasteiger charge is 2.15. The van der Waals surface area contributed by atoms with Crippen molar-refractivity contribution in [3.8, 4) is 5.82 Å². The first kappa shape index (κ1) is 17.0. The Labute approximate surface area is 137 Å². The van der Waals surface area contributed by atoms with Crippen LogP contribution in [-0.4, -0.2) is 32.9 Å². The molecule has 0 aliphatic carbocycles. The Hall–Kier alpha value is -2.37. The molecule has 0 saturated carbocycles. The Balaban J connectivity index is 2.02. The summed E-state index contributed by atoms with van der Waals surface area (Å²) in [6.07, 6.45) is 2.49. The highest BCUT2D eigenvalue weighted by Crippen LogP contribution is 2.16. The van der Waals surface area contributed by atoms with E-state index in [-0.39, 0.29) is 11.6 Å². The average Bonchev–Trinajstić information content (AvgIpc) is 2.74. The van der Waals surface area contributed by atoms with Gasteiger partial charge in [-0.05, 0) is 58.7 Å². The van der Waals surface area contributed by atoms with Crippen LogP contribution in [0, 0.1) is 13.8 Å².